The van der Waals surface area contributed by atoms with Gasteiger partial charge in [-0.2, -0.15) is 4.31 Å². The van der Waals surface area contributed by atoms with Gasteiger partial charge >= 0.3 is 0 Å². The van der Waals surface area contributed by atoms with Crippen molar-refractivity contribution in [1.82, 2.24) is 9.29 Å². The summed E-state index contributed by atoms with van der Waals surface area (Å²) in [6.45, 7) is 6.82. The summed E-state index contributed by atoms with van der Waals surface area (Å²) in [6, 6.07) is 0. The second kappa shape index (κ2) is 7.37. The van der Waals surface area contributed by atoms with E-state index in [1.165, 1.54) is 0 Å². The number of ether oxygens (including phenoxy) is 2. The Hall–Kier alpha value is -0.540. The number of hydrogen-bond donors (Lipinski definition) is 0. The van der Waals surface area contributed by atoms with Gasteiger partial charge in [0.15, 0.2) is 0 Å². The summed E-state index contributed by atoms with van der Waals surface area (Å²) in [5.41, 5.74) is 0.705. The summed E-state index contributed by atoms with van der Waals surface area (Å²) >= 11 is 1.63. The number of rotatable bonds is 8. The largest absolute Gasteiger partial charge is 0.375 e. The lowest BCUT2D eigenvalue weighted by molar-refractivity contribution is -0.105. The molecule has 0 saturated carbocycles. The van der Waals surface area contributed by atoms with E-state index in [-0.39, 0.29) is 11.4 Å². The van der Waals surface area contributed by atoms with E-state index in [2.05, 4.69) is 4.98 Å². The minimum Gasteiger partial charge on any atom is -0.375 e. The topological polar surface area (TPSA) is 68.7 Å². The predicted molar refractivity (Wildman–Crippen MR) is 93.6 cm³/mol. The van der Waals surface area contributed by atoms with Gasteiger partial charge in [-0.15, -0.1) is 11.3 Å². The Morgan fingerprint density at radius 3 is 2.96 bits per heavy atom. The van der Waals surface area contributed by atoms with E-state index in [0.29, 0.717) is 38.6 Å². The summed E-state index contributed by atoms with van der Waals surface area (Å²) in [4.78, 5) is 4.39. The van der Waals surface area contributed by atoms with Crippen molar-refractivity contribution in [2.24, 2.45) is 5.92 Å². The molecule has 2 saturated heterocycles. The molecule has 3 rings (SSSR count). The van der Waals surface area contributed by atoms with Gasteiger partial charge in [0.25, 0.3) is 0 Å². The molecule has 1 atom stereocenters. The van der Waals surface area contributed by atoms with E-state index in [0.717, 1.165) is 30.2 Å². The van der Waals surface area contributed by atoms with Crippen molar-refractivity contribution in [3.05, 3.63) is 16.1 Å². The van der Waals surface area contributed by atoms with Crippen LogP contribution < -0.4 is 0 Å². The molecule has 0 aliphatic carbocycles. The highest BCUT2D eigenvalue weighted by molar-refractivity contribution is 7.89. The van der Waals surface area contributed by atoms with Crippen molar-refractivity contribution in [2.75, 3.05) is 32.1 Å². The van der Waals surface area contributed by atoms with Crippen LogP contribution in [-0.4, -0.2) is 55.4 Å². The standard InChI is InChI=1S/C16H26N2O4S2/c1-3-8-24(19,20)18-11-16(12-18)14(5-7-22-16)4-6-21-9-15-10-23-13(2)17-15/h10,14H,3-9,11-12H2,1-2H3. The van der Waals surface area contributed by atoms with Gasteiger partial charge in [0, 0.05) is 31.7 Å². The number of thiazole rings is 1. The molecule has 2 aliphatic rings. The fraction of sp³-hybridized carbons (Fsp3) is 0.812. The first kappa shape index (κ1) is 18.3. The fourth-order valence-electron chi connectivity index (χ4n) is 3.55. The molecule has 1 unspecified atom stereocenters. The fourth-order valence-corrected chi connectivity index (χ4v) is 5.76. The normalized spacial score (nSPS) is 23.7. The monoisotopic (exact) mass is 374 g/mol. The van der Waals surface area contributed by atoms with Gasteiger partial charge in [0.05, 0.1) is 28.7 Å². The molecule has 0 amide bonds. The van der Waals surface area contributed by atoms with Crippen molar-refractivity contribution >= 4 is 21.4 Å². The highest BCUT2D eigenvalue weighted by atomic mass is 32.2. The number of aryl methyl sites for hydroxylation is 1. The lowest BCUT2D eigenvalue weighted by Gasteiger charge is -2.49. The van der Waals surface area contributed by atoms with Crippen LogP contribution in [0.25, 0.3) is 0 Å². The van der Waals surface area contributed by atoms with Crippen LogP contribution in [0.5, 0.6) is 0 Å². The number of sulfonamides is 1. The average Bonchev–Trinajstić information content (AvgIpc) is 3.08. The van der Waals surface area contributed by atoms with Crippen LogP contribution in [-0.2, 0) is 26.1 Å². The van der Waals surface area contributed by atoms with Crippen LogP contribution in [0.1, 0.15) is 36.9 Å². The second-order valence-electron chi connectivity index (χ2n) is 6.68. The van der Waals surface area contributed by atoms with E-state index >= 15 is 0 Å². The van der Waals surface area contributed by atoms with Gasteiger partial charge in [0.2, 0.25) is 10.0 Å². The molecule has 8 heteroatoms. The molecule has 3 heterocycles. The zero-order valence-corrected chi connectivity index (χ0v) is 16.0. The molecular formula is C16H26N2O4S2. The zero-order valence-electron chi connectivity index (χ0n) is 14.4. The first-order valence-corrected chi connectivity index (χ1v) is 11.0. The van der Waals surface area contributed by atoms with Crippen molar-refractivity contribution in [3.8, 4) is 0 Å². The summed E-state index contributed by atoms with van der Waals surface area (Å²) < 4.78 is 37.5. The van der Waals surface area contributed by atoms with Gasteiger partial charge in [-0.05, 0) is 32.1 Å². The molecule has 1 aromatic rings. The number of nitrogens with zero attached hydrogens (tertiary/aromatic N) is 2. The van der Waals surface area contributed by atoms with Gasteiger partial charge in [-0.25, -0.2) is 13.4 Å². The van der Waals surface area contributed by atoms with Crippen LogP contribution >= 0.6 is 11.3 Å². The molecule has 0 N–H and O–H groups in total. The third kappa shape index (κ3) is 3.83. The maximum Gasteiger partial charge on any atom is 0.214 e. The van der Waals surface area contributed by atoms with E-state index in [4.69, 9.17) is 9.47 Å². The third-order valence-electron chi connectivity index (χ3n) is 4.87. The first-order chi connectivity index (χ1) is 11.5. The van der Waals surface area contributed by atoms with Crippen molar-refractivity contribution in [3.63, 3.8) is 0 Å². The Kier molecular flexibility index (Phi) is 5.61. The molecular weight excluding hydrogens is 348 g/mol. The minimum atomic E-state index is -3.10. The number of hydrogen-bond acceptors (Lipinski definition) is 6. The first-order valence-electron chi connectivity index (χ1n) is 8.56. The molecule has 0 aromatic carbocycles. The van der Waals surface area contributed by atoms with Gasteiger partial charge in [-0.1, -0.05) is 6.92 Å². The molecule has 0 bridgehead atoms. The van der Waals surface area contributed by atoms with Crippen molar-refractivity contribution in [2.45, 2.75) is 45.3 Å². The Bertz CT molecular complexity index is 653. The summed E-state index contributed by atoms with van der Waals surface area (Å²) in [5, 5.41) is 3.08. The lowest BCUT2D eigenvalue weighted by atomic mass is 9.80. The van der Waals surface area contributed by atoms with E-state index < -0.39 is 10.0 Å². The average molecular weight is 375 g/mol. The molecule has 24 heavy (non-hydrogen) atoms. The Labute approximate surface area is 148 Å². The van der Waals surface area contributed by atoms with E-state index in [1.807, 2.05) is 19.2 Å². The molecule has 2 fully saturated rings. The quantitative estimate of drug-likeness (QED) is 0.653. The second-order valence-corrected chi connectivity index (χ2v) is 9.83. The van der Waals surface area contributed by atoms with Crippen LogP contribution in [0, 0.1) is 12.8 Å². The maximum absolute atomic E-state index is 12.1. The van der Waals surface area contributed by atoms with Gasteiger partial charge in [0.1, 0.15) is 0 Å². The third-order valence-corrected chi connectivity index (χ3v) is 7.66. The molecule has 0 radical (unpaired) electrons. The SMILES string of the molecule is CCCS(=O)(=O)N1CC2(C1)OCCC2CCOCc1csc(C)n1. The number of aromatic nitrogens is 1. The van der Waals surface area contributed by atoms with Crippen LogP contribution in [0.2, 0.25) is 0 Å². The van der Waals surface area contributed by atoms with E-state index in [9.17, 15) is 8.42 Å². The predicted octanol–water partition coefficient (Wildman–Crippen LogP) is 2.19. The summed E-state index contributed by atoms with van der Waals surface area (Å²) in [5.74, 6) is 0.604. The van der Waals surface area contributed by atoms with Gasteiger partial charge in [-0.3, -0.25) is 0 Å². The van der Waals surface area contributed by atoms with Crippen LogP contribution in [0.3, 0.4) is 0 Å². The highest BCUT2D eigenvalue weighted by Crippen LogP contribution is 2.42. The summed E-state index contributed by atoms with van der Waals surface area (Å²) in [7, 11) is -3.10. The van der Waals surface area contributed by atoms with Gasteiger partial charge < -0.3 is 9.47 Å². The maximum atomic E-state index is 12.1. The lowest BCUT2D eigenvalue weighted by Crippen LogP contribution is -2.66. The smallest absolute Gasteiger partial charge is 0.214 e. The zero-order chi connectivity index (χ0) is 17.2. The minimum absolute atomic E-state index is 0.226. The molecule has 6 nitrogen and oxygen atoms in total. The van der Waals surface area contributed by atoms with E-state index in [1.54, 1.807) is 15.6 Å². The molecule has 1 spiro atoms. The Balaban J connectivity index is 1.45. The Morgan fingerprint density at radius 2 is 2.29 bits per heavy atom. The van der Waals surface area contributed by atoms with Crippen molar-refractivity contribution in [1.29, 1.82) is 0 Å². The van der Waals surface area contributed by atoms with Crippen molar-refractivity contribution < 1.29 is 17.9 Å². The highest BCUT2D eigenvalue weighted by Gasteiger charge is 2.55. The van der Waals surface area contributed by atoms with Crippen LogP contribution in [0.4, 0.5) is 0 Å². The molecule has 1 aromatic heterocycles. The molecule has 136 valence electrons. The molecule has 2 aliphatic heterocycles. The van der Waals surface area contributed by atoms with Crippen LogP contribution in [0.15, 0.2) is 5.38 Å². The summed E-state index contributed by atoms with van der Waals surface area (Å²) in [6.07, 6.45) is 2.55. The Morgan fingerprint density at radius 1 is 1.50 bits per heavy atom.